The standard InChI is InChI=1S/C27H33N3O2S2/c1-17-13-14-21(18(2)15-17)30-26(32)24-20-11-7-8-12-22(20)34-25(24)29-27(30)33-16-23(31)28-19-9-5-3-4-6-10-19/h13-15,19H,3-12,16H2,1-2H3,(H,28,31). The fourth-order valence-electron chi connectivity index (χ4n) is 5.37. The van der Waals surface area contributed by atoms with Gasteiger partial charge in [-0.05, 0) is 69.6 Å². The Labute approximate surface area is 209 Å². The number of nitrogens with zero attached hydrogens (tertiary/aromatic N) is 2. The second-order valence-electron chi connectivity index (χ2n) is 9.76. The number of rotatable bonds is 5. The third kappa shape index (κ3) is 4.82. The number of hydrogen-bond acceptors (Lipinski definition) is 5. The maximum atomic E-state index is 13.9. The van der Waals surface area contributed by atoms with Gasteiger partial charge < -0.3 is 5.32 Å². The molecule has 5 nitrogen and oxygen atoms in total. The van der Waals surface area contributed by atoms with Gasteiger partial charge in [-0.2, -0.15) is 0 Å². The summed E-state index contributed by atoms with van der Waals surface area (Å²) in [7, 11) is 0. The summed E-state index contributed by atoms with van der Waals surface area (Å²) >= 11 is 3.04. The first-order valence-corrected chi connectivity index (χ1v) is 14.4. The zero-order valence-electron chi connectivity index (χ0n) is 20.1. The molecule has 3 aromatic rings. The molecule has 0 saturated heterocycles. The van der Waals surface area contributed by atoms with Gasteiger partial charge in [-0.15, -0.1) is 11.3 Å². The molecule has 1 saturated carbocycles. The van der Waals surface area contributed by atoms with Gasteiger partial charge in [-0.25, -0.2) is 4.98 Å². The molecule has 34 heavy (non-hydrogen) atoms. The maximum absolute atomic E-state index is 13.9. The lowest BCUT2D eigenvalue weighted by Crippen LogP contribution is -2.35. The summed E-state index contributed by atoms with van der Waals surface area (Å²) in [5.41, 5.74) is 4.26. The van der Waals surface area contributed by atoms with E-state index in [-0.39, 0.29) is 23.3 Å². The Hall–Kier alpha value is -2.12. The zero-order valence-corrected chi connectivity index (χ0v) is 21.7. The third-order valence-corrected chi connectivity index (χ3v) is 9.23. The van der Waals surface area contributed by atoms with Gasteiger partial charge in [0.2, 0.25) is 5.91 Å². The summed E-state index contributed by atoms with van der Waals surface area (Å²) in [6.07, 6.45) is 11.3. The topological polar surface area (TPSA) is 64.0 Å². The van der Waals surface area contributed by atoms with Crippen LogP contribution in [0.2, 0.25) is 0 Å². The minimum Gasteiger partial charge on any atom is -0.353 e. The van der Waals surface area contributed by atoms with Crippen LogP contribution < -0.4 is 10.9 Å². The molecule has 1 N–H and O–H groups in total. The second-order valence-corrected chi connectivity index (χ2v) is 11.8. The number of fused-ring (bicyclic) bond motifs is 3. The predicted octanol–water partition coefficient (Wildman–Crippen LogP) is 5.87. The van der Waals surface area contributed by atoms with Gasteiger partial charge >= 0.3 is 0 Å². The van der Waals surface area contributed by atoms with Crippen molar-refractivity contribution in [2.24, 2.45) is 0 Å². The minimum atomic E-state index is 0.00280. The summed E-state index contributed by atoms with van der Waals surface area (Å²) in [5.74, 6) is 0.300. The van der Waals surface area contributed by atoms with Crippen LogP contribution in [-0.4, -0.2) is 27.3 Å². The summed E-state index contributed by atoms with van der Waals surface area (Å²) in [6.45, 7) is 4.10. The first-order valence-electron chi connectivity index (χ1n) is 12.6. The van der Waals surface area contributed by atoms with Gasteiger partial charge in [0, 0.05) is 10.9 Å². The van der Waals surface area contributed by atoms with Crippen LogP contribution in [0.15, 0.2) is 28.2 Å². The monoisotopic (exact) mass is 495 g/mol. The Balaban J connectivity index is 1.50. The number of nitrogens with one attached hydrogen (secondary N) is 1. The van der Waals surface area contributed by atoms with Crippen LogP contribution in [0.4, 0.5) is 0 Å². The van der Waals surface area contributed by atoms with Crippen LogP contribution in [0.5, 0.6) is 0 Å². The Kier molecular flexibility index (Phi) is 7.11. The van der Waals surface area contributed by atoms with Crippen molar-refractivity contribution in [1.82, 2.24) is 14.9 Å². The third-order valence-electron chi connectivity index (χ3n) is 7.10. The van der Waals surface area contributed by atoms with Crippen LogP contribution in [0, 0.1) is 13.8 Å². The molecule has 5 rings (SSSR count). The molecule has 0 unspecified atom stereocenters. The van der Waals surface area contributed by atoms with Crippen molar-refractivity contribution in [3.63, 3.8) is 0 Å². The van der Waals surface area contributed by atoms with Crippen LogP contribution in [0.25, 0.3) is 15.9 Å². The lowest BCUT2D eigenvalue weighted by atomic mass is 9.97. The molecule has 0 atom stereocenters. The number of carbonyl (C=O) groups excluding carboxylic acids is 1. The summed E-state index contributed by atoms with van der Waals surface area (Å²) in [5, 5.41) is 4.62. The highest BCUT2D eigenvalue weighted by Crippen LogP contribution is 2.35. The average Bonchev–Trinajstić information content (AvgIpc) is 2.99. The Morgan fingerprint density at radius 1 is 1.12 bits per heavy atom. The molecule has 1 fully saturated rings. The number of carbonyl (C=O) groups is 1. The van der Waals surface area contributed by atoms with Crippen LogP contribution in [0.1, 0.15) is 72.9 Å². The van der Waals surface area contributed by atoms with Crippen molar-refractivity contribution in [3.05, 3.63) is 50.1 Å². The van der Waals surface area contributed by atoms with E-state index in [1.807, 2.05) is 19.1 Å². The van der Waals surface area contributed by atoms with Gasteiger partial charge in [0.1, 0.15) is 4.83 Å². The molecule has 2 aromatic heterocycles. The van der Waals surface area contributed by atoms with Crippen molar-refractivity contribution in [2.75, 3.05) is 5.75 Å². The SMILES string of the molecule is Cc1ccc(-n2c(SCC(=O)NC3CCCCCC3)nc3sc4c(c3c2=O)CCCC4)c(C)c1. The van der Waals surface area contributed by atoms with E-state index in [1.165, 1.54) is 54.3 Å². The van der Waals surface area contributed by atoms with E-state index in [0.717, 1.165) is 59.1 Å². The molecule has 0 aliphatic heterocycles. The minimum absolute atomic E-state index is 0.00280. The Bertz CT molecular complexity index is 1270. The lowest BCUT2D eigenvalue weighted by Gasteiger charge is -2.17. The predicted molar refractivity (Wildman–Crippen MR) is 142 cm³/mol. The highest BCUT2D eigenvalue weighted by Gasteiger charge is 2.24. The second kappa shape index (κ2) is 10.2. The van der Waals surface area contributed by atoms with Crippen LogP contribution in [-0.2, 0) is 17.6 Å². The van der Waals surface area contributed by atoms with E-state index >= 15 is 0 Å². The van der Waals surface area contributed by atoms with Gasteiger partial charge in [0.25, 0.3) is 5.56 Å². The van der Waals surface area contributed by atoms with Crippen molar-refractivity contribution in [3.8, 4) is 5.69 Å². The first kappa shape index (κ1) is 23.6. The van der Waals surface area contributed by atoms with Crippen LogP contribution >= 0.6 is 23.1 Å². The van der Waals surface area contributed by atoms with Gasteiger partial charge in [-0.1, -0.05) is 55.1 Å². The number of benzene rings is 1. The molecule has 2 aliphatic rings. The summed E-state index contributed by atoms with van der Waals surface area (Å²) < 4.78 is 1.75. The number of thiophene rings is 1. The molecule has 0 spiro atoms. The van der Waals surface area contributed by atoms with Crippen molar-refractivity contribution >= 4 is 39.2 Å². The Morgan fingerprint density at radius 2 is 1.88 bits per heavy atom. The summed E-state index contributed by atoms with van der Waals surface area (Å²) in [6, 6.07) is 6.42. The number of hydrogen-bond donors (Lipinski definition) is 1. The van der Waals surface area contributed by atoms with E-state index in [0.29, 0.717) is 5.16 Å². The quantitative estimate of drug-likeness (QED) is 0.273. The van der Waals surface area contributed by atoms with E-state index in [9.17, 15) is 9.59 Å². The molecular formula is C27H33N3O2S2. The molecule has 2 aliphatic carbocycles. The molecule has 7 heteroatoms. The van der Waals surface area contributed by atoms with Crippen LogP contribution in [0.3, 0.4) is 0 Å². The molecular weight excluding hydrogens is 462 g/mol. The van der Waals surface area contributed by atoms with E-state index in [1.54, 1.807) is 15.9 Å². The van der Waals surface area contributed by atoms with Crippen molar-refractivity contribution < 1.29 is 4.79 Å². The molecule has 1 amide bonds. The fourth-order valence-corrected chi connectivity index (χ4v) is 7.49. The highest BCUT2D eigenvalue weighted by atomic mass is 32.2. The first-order chi connectivity index (χ1) is 16.5. The maximum Gasteiger partial charge on any atom is 0.267 e. The van der Waals surface area contributed by atoms with E-state index in [4.69, 9.17) is 4.98 Å². The van der Waals surface area contributed by atoms with Crippen molar-refractivity contribution in [1.29, 1.82) is 0 Å². The largest absolute Gasteiger partial charge is 0.353 e. The molecule has 0 radical (unpaired) electrons. The molecule has 1 aromatic carbocycles. The highest BCUT2D eigenvalue weighted by molar-refractivity contribution is 7.99. The Morgan fingerprint density at radius 3 is 2.65 bits per heavy atom. The summed E-state index contributed by atoms with van der Waals surface area (Å²) in [4.78, 5) is 33.9. The van der Waals surface area contributed by atoms with Crippen molar-refractivity contribution in [2.45, 2.75) is 89.3 Å². The fraction of sp³-hybridized carbons (Fsp3) is 0.519. The smallest absolute Gasteiger partial charge is 0.267 e. The van der Waals surface area contributed by atoms with E-state index in [2.05, 4.69) is 18.3 Å². The van der Waals surface area contributed by atoms with E-state index < -0.39 is 0 Å². The zero-order chi connectivity index (χ0) is 23.7. The normalized spacial score (nSPS) is 16.9. The lowest BCUT2D eigenvalue weighted by molar-refractivity contribution is -0.119. The molecule has 180 valence electrons. The number of aryl methyl sites for hydroxylation is 4. The van der Waals surface area contributed by atoms with Gasteiger partial charge in [-0.3, -0.25) is 14.2 Å². The molecule has 0 bridgehead atoms. The number of amides is 1. The average molecular weight is 496 g/mol. The number of thioether (sulfide) groups is 1. The van der Waals surface area contributed by atoms with Gasteiger partial charge in [0.05, 0.1) is 16.8 Å². The number of aromatic nitrogens is 2. The molecule has 2 heterocycles. The van der Waals surface area contributed by atoms with Gasteiger partial charge in [0.15, 0.2) is 5.16 Å².